The predicted molar refractivity (Wildman–Crippen MR) is 68.5 cm³/mol. The molecule has 5 nitrogen and oxygen atoms in total. The lowest BCUT2D eigenvalue weighted by molar-refractivity contribution is -0.126. The zero-order chi connectivity index (χ0) is 13.5. The SMILES string of the molecule is CCNC(=O)NC(=O)C(C)Oc1ccc(C)cc1. The van der Waals surface area contributed by atoms with Gasteiger partial charge >= 0.3 is 6.03 Å². The second-order valence-electron chi connectivity index (χ2n) is 3.92. The molecule has 1 unspecified atom stereocenters. The van der Waals surface area contributed by atoms with Crippen LogP contribution in [0.2, 0.25) is 0 Å². The van der Waals surface area contributed by atoms with Crippen molar-refractivity contribution < 1.29 is 14.3 Å². The van der Waals surface area contributed by atoms with Gasteiger partial charge in [-0.2, -0.15) is 0 Å². The van der Waals surface area contributed by atoms with E-state index < -0.39 is 18.0 Å². The number of nitrogens with one attached hydrogen (secondary N) is 2. The minimum atomic E-state index is -0.727. The van der Waals surface area contributed by atoms with Crippen molar-refractivity contribution in [2.24, 2.45) is 0 Å². The van der Waals surface area contributed by atoms with Crippen molar-refractivity contribution in [2.75, 3.05) is 6.54 Å². The molecule has 1 aromatic carbocycles. The first-order valence-corrected chi connectivity index (χ1v) is 5.85. The number of urea groups is 1. The number of amides is 3. The molecule has 0 heterocycles. The van der Waals surface area contributed by atoms with Gasteiger partial charge in [0.25, 0.3) is 5.91 Å². The molecule has 5 heteroatoms. The van der Waals surface area contributed by atoms with Crippen LogP contribution in [-0.4, -0.2) is 24.6 Å². The predicted octanol–water partition coefficient (Wildman–Crippen LogP) is 1.61. The Bertz CT molecular complexity index is 415. The summed E-state index contributed by atoms with van der Waals surface area (Å²) in [7, 11) is 0. The zero-order valence-electron chi connectivity index (χ0n) is 10.8. The second-order valence-corrected chi connectivity index (χ2v) is 3.92. The van der Waals surface area contributed by atoms with Crippen LogP contribution in [-0.2, 0) is 4.79 Å². The summed E-state index contributed by atoms with van der Waals surface area (Å²) in [4.78, 5) is 22.8. The van der Waals surface area contributed by atoms with Crippen LogP contribution in [0.25, 0.3) is 0 Å². The van der Waals surface area contributed by atoms with Crippen LogP contribution in [0.3, 0.4) is 0 Å². The molecule has 0 aliphatic carbocycles. The van der Waals surface area contributed by atoms with Gasteiger partial charge in [-0.1, -0.05) is 17.7 Å². The molecule has 0 spiro atoms. The van der Waals surface area contributed by atoms with E-state index in [1.54, 1.807) is 26.0 Å². The van der Waals surface area contributed by atoms with Gasteiger partial charge < -0.3 is 10.1 Å². The van der Waals surface area contributed by atoms with Crippen LogP contribution in [0.4, 0.5) is 4.79 Å². The summed E-state index contributed by atoms with van der Waals surface area (Å²) in [6.45, 7) is 5.80. The van der Waals surface area contributed by atoms with E-state index in [9.17, 15) is 9.59 Å². The third kappa shape index (κ3) is 4.45. The summed E-state index contributed by atoms with van der Waals surface area (Å²) >= 11 is 0. The van der Waals surface area contributed by atoms with Crippen LogP contribution in [0.15, 0.2) is 24.3 Å². The van der Waals surface area contributed by atoms with Gasteiger partial charge in [0, 0.05) is 6.54 Å². The fourth-order valence-electron chi connectivity index (χ4n) is 1.29. The van der Waals surface area contributed by atoms with Crippen molar-refractivity contribution in [2.45, 2.75) is 26.9 Å². The lowest BCUT2D eigenvalue weighted by Crippen LogP contribution is -2.45. The maximum absolute atomic E-state index is 11.6. The summed E-state index contributed by atoms with van der Waals surface area (Å²) < 4.78 is 5.42. The van der Waals surface area contributed by atoms with Gasteiger partial charge in [0.1, 0.15) is 5.75 Å². The monoisotopic (exact) mass is 250 g/mol. The topological polar surface area (TPSA) is 67.4 Å². The highest BCUT2D eigenvalue weighted by atomic mass is 16.5. The molecule has 1 rings (SSSR count). The molecule has 0 radical (unpaired) electrons. The number of imide groups is 1. The number of ether oxygens (including phenoxy) is 1. The average Bonchev–Trinajstić information content (AvgIpc) is 2.32. The Balaban J connectivity index is 2.49. The smallest absolute Gasteiger partial charge is 0.321 e. The molecular formula is C13H18N2O3. The first-order valence-electron chi connectivity index (χ1n) is 5.85. The van der Waals surface area contributed by atoms with Gasteiger partial charge in [-0.3, -0.25) is 10.1 Å². The highest BCUT2D eigenvalue weighted by Gasteiger charge is 2.16. The van der Waals surface area contributed by atoms with Gasteiger partial charge in [0.05, 0.1) is 0 Å². The van der Waals surface area contributed by atoms with E-state index >= 15 is 0 Å². The number of rotatable bonds is 4. The van der Waals surface area contributed by atoms with E-state index in [0.717, 1.165) is 5.56 Å². The number of hydrogen-bond donors (Lipinski definition) is 2. The molecule has 1 aromatic rings. The van der Waals surface area contributed by atoms with Crippen LogP contribution >= 0.6 is 0 Å². The minimum absolute atomic E-state index is 0.465. The highest BCUT2D eigenvalue weighted by Crippen LogP contribution is 2.13. The highest BCUT2D eigenvalue weighted by molar-refractivity contribution is 5.96. The molecular weight excluding hydrogens is 232 g/mol. The van der Waals surface area contributed by atoms with Gasteiger partial charge in [-0.25, -0.2) is 4.79 Å². The quantitative estimate of drug-likeness (QED) is 0.853. The molecule has 0 bridgehead atoms. The van der Waals surface area contributed by atoms with Crippen LogP contribution in [0, 0.1) is 6.92 Å². The molecule has 0 fully saturated rings. The molecule has 2 N–H and O–H groups in total. The number of carbonyl (C=O) groups is 2. The van der Waals surface area contributed by atoms with Crippen molar-refractivity contribution in [3.63, 3.8) is 0 Å². The molecule has 0 aromatic heterocycles. The van der Waals surface area contributed by atoms with Crippen molar-refractivity contribution in [3.05, 3.63) is 29.8 Å². The first-order chi connectivity index (χ1) is 8.52. The molecule has 3 amide bonds. The minimum Gasteiger partial charge on any atom is -0.481 e. The lowest BCUT2D eigenvalue weighted by atomic mass is 10.2. The fourth-order valence-corrected chi connectivity index (χ4v) is 1.29. The van der Waals surface area contributed by atoms with E-state index in [1.807, 2.05) is 19.1 Å². The Morgan fingerprint density at radius 1 is 1.28 bits per heavy atom. The maximum atomic E-state index is 11.6. The first kappa shape index (κ1) is 14.0. The maximum Gasteiger partial charge on any atom is 0.321 e. The van der Waals surface area contributed by atoms with E-state index in [1.165, 1.54) is 0 Å². The number of hydrogen-bond acceptors (Lipinski definition) is 3. The molecule has 0 aliphatic heterocycles. The molecule has 18 heavy (non-hydrogen) atoms. The number of aryl methyl sites for hydroxylation is 1. The molecule has 98 valence electrons. The Hall–Kier alpha value is -2.04. The second kappa shape index (κ2) is 6.64. The molecule has 0 saturated heterocycles. The van der Waals surface area contributed by atoms with Crippen molar-refractivity contribution in [1.82, 2.24) is 10.6 Å². The summed E-state index contributed by atoms with van der Waals surface area (Å²) in [5.74, 6) is 0.126. The Morgan fingerprint density at radius 3 is 2.44 bits per heavy atom. The van der Waals surface area contributed by atoms with E-state index in [0.29, 0.717) is 12.3 Å². The summed E-state index contributed by atoms with van der Waals surface area (Å²) in [6, 6.07) is 6.84. The third-order valence-corrected chi connectivity index (χ3v) is 2.28. The Morgan fingerprint density at radius 2 is 1.89 bits per heavy atom. The zero-order valence-corrected chi connectivity index (χ0v) is 10.8. The summed E-state index contributed by atoms with van der Waals surface area (Å²) in [5, 5.41) is 4.67. The number of carbonyl (C=O) groups excluding carboxylic acids is 2. The van der Waals surface area contributed by atoms with Crippen LogP contribution in [0.1, 0.15) is 19.4 Å². The molecule has 1 atom stereocenters. The van der Waals surface area contributed by atoms with Gasteiger partial charge in [-0.05, 0) is 32.9 Å². The molecule has 0 aliphatic rings. The lowest BCUT2D eigenvalue weighted by Gasteiger charge is -2.14. The summed E-state index contributed by atoms with van der Waals surface area (Å²) in [6.07, 6.45) is -0.727. The van der Waals surface area contributed by atoms with E-state index in [-0.39, 0.29) is 0 Å². The normalized spacial score (nSPS) is 11.5. The van der Waals surface area contributed by atoms with Crippen molar-refractivity contribution in [3.8, 4) is 5.75 Å². The fraction of sp³-hybridized carbons (Fsp3) is 0.385. The van der Waals surface area contributed by atoms with Gasteiger partial charge in [0.2, 0.25) is 0 Å². The van der Waals surface area contributed by atoms with Gasteiger partial charge in [0.15, 0.2) is 6.10 Å². The average molecular weight is 250 g/mol. The third-order valence-electron chi connectivity index (χ3n) is 2.28. The van der Waals surface area contributed by atoms with Crippen molar-refractivity contribution in [1.29, 1.82) is 0 Å². The standard InChI is InChI=1S/C13H18N2O3/c1-4-14-13(17)15-12(16)10(3)18-11-7-5-9(2)6-8-11/h5-8,10H,4H2,1-3H3,(H2,14,15,16,17). The Labute approximate surface area is 107 Å². The van der Waals surface area contributed by atoms with Gasteiger partial charge in [-0.15, -0.1) is 0 Å². The van der Waals surface area contributed by atoms with E-state index in [2.05, 4.69) is 10.6 Å². The Kier molecular flexibility index (Phi) is 5.17. The van der Waals surface area contributed by atoms with Crippen LogP contribution in [0.5, 0.6) is 5.75 Å². The van der Waals surface area contributed by atoms with Crippen molar-refractivity contribution >= 4 is 11.9 Å². The van der Waals surface area contributed by atoms with E-state index in [4.69, 9.17) is 4.74 Å². The number of benzene rings is 1. The largest absolute Gasteiger partial charge is 0.481 e. The summed E-state index contributed by atoms with van der Waals surface area (Å²) in [5.41, 5.74) is 1.11. The molecule has 0 saturated carbocycles. The van der Waals surface area contributed by atoms with Crippen LogP contribution < -0.4 is 15.4 Å².